The summed E-state index contributed by atoms with van der Waals surface area (Å²) in [6.45, 7) is 1.65. The van der Waals surface area contributed by atoms with Crippen molar-refractivity contribution in [2.45, 2.75) is 73.6 Å². The molecule has 0 spiro atoms. The van der Waals surface area contributed by atoms with E-state index in [9.17, 15) is 70.0 Å². The SMILES string of the molecule is CCCCC(Cc1ccc(C(F)(F)C(F)(F)C(F)(F)C(F)(F)C(F)(F)C(F)(F)F)cc1)S(=O)(=O)O. The Balaban J connectivity index is 3.39. The first-order chi connectivity index (χ1) is 15.4. The summed E-state index contributed by atoms with van der Waals surface area (Å²) in [4.78, 5) is 0. The molecule has 204 valence electrons. The van der Waals surface area contributed by atoms with Crippen LogP contribution in [0.5, 0.6) is 0 Å². The molecule has 0 fully saturated rings. The van der Waals surface area contributed by atoms with E-state index in [1.165, 1.54) is 0 Å². The minimum Gasteiger partial charge on any atom is -0.285 e. The van der Waals surface area contributed by atoms with Crippen molar-refractivity contribution in [1.82, 2.24) is 0 Å². The minimum absolute atomic E-state index is 0.0553. The highest BCUT2D eigenvalue weighted by Crippen LogP contribution is 2.62. The molecule has 1 N–H and O–H groups in total. The van der Waals surface area contributed by atoms with Crippen LogP contribution >= 0.6 is 0 Å². The molecule has 3 nitrogen and oxygen atoms in total. The lowest BCUT2D eigenvalue weighted by atomic mass is 9.90. The number of hydrogen-bond acceptors (Lipinski definition) is 2. The summed E-state index contributed by atoms with van der Waals surface area (Å²) in [6, 6.07) is 0.842. The molecule has 0 aliphatic rings. The largest absolute Gasteiger partial charge is 0.460 e. The predicted molar refractivity (Wildman–Crippen MR) is 94.7 cm³/mol. The minimum atomic E-state index is -7.99. The summed E-state index contributed by atoms with van der Waals surface area (Å²) < 4.78 is 204. The normalized spacial score (nSPS) is 15.9. The van der Waals surface area contributed by atoms with Gasteiger partial charge in [-0.15, -0.1) is 0 Å². The van der Waals surface area contributed by atoms with Crippen LogP contribution in [0.1, 0.15) is 37.3 Å². The molecule has 17 heteroatoms. The van der Waals surface area contributed by atoms with E-state index in [2.05, 4.69) is 0 Å². The molecule has 1 unspecified atom stereocenters. The molecule has 1 atom stereocenters. The molecule has 1 aromatic rings. The second-order valence-corrected chi connectivity index (χ2v) is 9.25. The van der Waals surface area contributed by atoms with Crippen LogP contribution in [0.25, 0.3) is 0 Å². The molecule has 0 aliphatic heterocycles. The third-order valence-electron chi connectivity index (χ3n) is 5.01. The van der Waals surface area contributed by atoms with Crippen LogP contribution in [0, 0.1) is 0 Å². The molecule has 35 heavy (non-hydrogen) atoms. The van der Waals surface area contributed by atoms with E-state index in [1.807, 2.05) is 0 Å². The molecule has 0 amide bonds. The molecule has 0 saturated carbocycles. The first kappa shape index (κ1) is 31.3. The van der Waals surface area contributed by atoms with Crippen LogP contribution in [0.2, 0.25) is 0 Å². The summed E-state index contributed by atoms with van der Waals surface area (Å²) in [7, 11) is -4.67. The maximum Gasteiger partial charge on any atom is 0.460 e. The monoisotopic (exact) mass is 560 g/mol. The van der Waals surface area contributed by atoms with Gasteiger partial charge in [-0.2, -0.15) is 65.5 Å². The van der Waals surface area contributed by atoms with Crippen LogP contribution in [-0.2, 0) is 22.5 Å². The van der Waals surface area contributed by atoms with Crippen molar-refractivity contribution in [2.24, 2.45) is 0 Å². The molecule has 0 bridgehead atoms. The average molecular weight is 560 g/mol. The Hall–Kier alpha value is -1.78. The average Bonchev–Trinajstić information content (AvgIpc) is 2.69. The van der Waals surface area contributed by atoms with Gasteiger partial charge < -0.3 is 0 Å². The van der Waals surface area contributed by atoms with E-state index < -0.39 is 63.1 Å². The first-order valence-electron chi connectivity index (χ1n) is 9.41. The van der Waals surface area contributed by atoms with Gasteiger partial charge in [-0.1, -0.05) is 44.0 Å². The zero-order chi connectivity index (χ0) is 27.9. The Morgan fingerprint density at radius 1 is 0.743 bits per heavy atom. The number of rotatable bonds is 11. The molecule has 1 rings (SSSR count). The van der Waals surface area contributed by atoms with Crippen LogP contribution in [-0.4, -0.2) is 48.1 Å². The zero-order valence-electron chi connectivity index (χ0n) is 17.3. The van der Waals surface area contributed by atoms with E-state index in [1.54, 1.807) is 6.92 Å². The van der Waals surface area contributed by atoms with Crippen LogP contribution in [0.4, 0.5) is 57.1 Å². The molecular weight excluding hydrogens is 543 g/mol. The Morgan fingerprint density at radius 3 is 1.54 bits per heavy atom. The van der Waals surface area contributed by atoms with E-state index in [0.717, 1.165) is 0 Å². The topological polar surface area (TPSA) is 54.4 Å². The van der Waals surface area contributed by atoms with Gasteiger partial charge in [-0.3, -0.25) is 4.55 Å². The number of unbranched alkanes of at least 4 members (excludes halogenated alkanes) is 1. The van der Waals surface area contributed by atoms with Crippen molar-refractivity contribution in [1.29, 1.82) is 0 Å². The highest BCUT2D eigenvalue weighted by atomic mass is 32.2. The quantitative estimate of drug-likeness (QED) is 0.238. The molecule has 0 heterocycles. The van der Waals surface area contributed by atoms with Crippen molar-refractivity contribution in [2.75, 3.05) is 0 Å². The second-order valence-electron chi connectivity index (χ2n) is 7.55. The third kappa shape index (κ3) is 5.49. The van der Waals surface area contributed by atoms with Crippen LogP contribution < -0.4 is 0 Å². The fourth-order valence-corrected chi connectivity index (χ4v) is 3.72. The van der Waals surface area contributed by atoms with Crippen molar-refractivity contribution in [3.05, 3.63) is 35.4 Å². The molecule has 1 aromatic carbocycles. The molecule has 0 saturated heterocycles. The maximum atomic E-state index is 14.2. The van der Waals surface area contributed by atoms with Gasteiger partial charge in [0.25, 0.3) is 10.1 Å². The Labute approximate surface area is 190 Å². The van der Waals surface area contributed by atoms with Gasteiger partial charge in [0.15, 0.2) is 0 Å². The standard InChI is InChI=1S/C18H17F13O3S/c1-2-3-4-12(35(32,33)34)9-10-5-7-11(8-6-10)13(19,20)14(21,22)15(23,24)16(25,26)17(27,28)18(29,30)31/h5-8,12H,2-4,9H2,1H3,(H,32,33,34). The summed E-state index contributed by atoms with van der Waals surface area (Å²) >= 11 is 0. The van der Waals surface area contributed by atoms with E-state index in [-0.39, 0.29) is 30.5 Å². The molecule has 0 aromatic heterocycles. The van der Waals surface area contributed by atoms with E-state index >= 15 is 0 Å². The molecule has 0 aliphatic carbocycles. The van der Waals surface area contributed by atoms with Gasteiger partial charge in [0.05, 0.1) is 5.25 Å². The van der Waals surface area contributed by atoms with Gasteiger partial charge in [-0.05, 0) is 18.4 Å². The van der Waals surface area contributed by atoms with Crippen molar-refractivity contribution < 1.29 is 70.0 Å². The van der Waals surface area contributed by atoms with Gasteiger partial charge in [-0.25, -0.2) is 0 Å². The smallest absolute Gasteiger partial charge is 0.285 e. The lowest BCUT2D eigenvalue weighted by Crippen LogP contribution is -2.69. The second kappa shape index (κ2) is 9.59. The summed E-state index contributed by atoms with van der Waals surface area (Å²) in [6.07, 6.45) is -7.45. The molecule has 0 radical (unpaired) electrons. The zero-order valence-corrected chi connectivity index (χ0v) is 18.1. The number of halogens is 13. The number of hydrogen-bond donors (Lipinski definition) is 1. The summed E-state index contributed by atoms with van der Waals surface area (Å²) in [5.41, 5.74) is -2.40. The Bertz CT molecular complexity index is 970. The van der Waals surface area contributed by atoms with Crippen LogP contribution in [0.3, 0.4) is 0 Å². The first-order valence-corrected chi connectivity index (χ1v) is 10.9. The van der Waals surface area contributed by atoms with Gasteiger partial charge in [0.2, 0.25) is 0 Å². The number of alkyl halides is 13. The highest BCUT2D eigenvalue weighted by molar-refractivity contribution is 7.86. The Morgan fingerprint density at radius 2 is 1.17 bits per heavy atom. The van der Waals surface area contributed by atoms with Crippen molar-refractivity contribution in [3.63, 3.8) is 0 Å². The van der Waals surface area contributed by atoms with Crippen LogP contribution in [0.15, 0.2) is 24.3 Å². The highest BCUT2D eigenvalue weighted by Gasteiger charge is 2.90. The maximum absolute atomic E-state index is 14.2. The lowest BCUT2D eigenvalue weighted by Gasteiger charge is -2.39. The number of benzene rings is 1. The van der Waals surface area contributed by atoms with Gasteiger partial charge in [0.1, 0.15) is 0 Å². The van der Waals surface area contributed by atoms with E-state index in [4.69, 9.17) is 0 Å². The van der Waals surface area contributed by atoms with E-state index in [0.29, 0.717) is 18.6 Å². The fourth-order valence-electron chi connectivity index (χ4n) is 2.85. The lowest BCUT2D eigenvalue weighted by molar-refractivity contribution is -0.441. The fraction of sp³-hybridized carbons (Fsp3) is 0.667. The summed E-state index contributed by atoms with van der Waals surface area (Å²) in [5.74, 6) is -37.6. The van der Waals surface area contributed by atoms with Crippen molar-refractivity contribution >= 4 is 10.1 Å². The Kier molecular flexibility index (Phi) is 8.56. The molecular formula is C18H17F13O3S. The van der Waals surface area contributed by atoms with Gasteiger partial charge >= 0.3 is 35.8 Å². The van der Waals surface area contributed by atoms with Gasteiger partial charge in [0, 0.05) is 5.56 Å². The van der Waals surface area contributed by atoms with Crippen molar-refractivity contribution in [3.8, 4) is 0 Å². The predicted octanol–water partition coefficient (Wildman–Crippen LogP) is 6.87. The third-order valence-corrected chi connectivity index (χ3v) is 6.26. The summed E-state index contributed by atoms with van der Waals surface area (Å²) in [5, 5.41) is -1.48.